The molecule has 0 aliphatic carbocycles. The molecular formula is C20H27N. The maximum Gasteiger partial charge on any atom is 0.0551 e. The zero-order valence-electron chi connectivity index (χ0n) is 13.7. The quantitative estimate of drug-likeness (QED) is 0.840. The van der Waals surface area contributed by atoms with Crippen LogP contribution in [0.4, 0.5) is 0 Å². The van der Waals surface area contributed by atoms with Gasteiger partial charge in [0.1, 0.15) is 0 Å². The van der Waals surface area contributed by atoms with E-state index in [2.05, 4.69) is 76.2 Å². The van der Waals surface area contributed by atoms with Crippen LogP contribution in [-0.2, 0) is 11.8 Å². The van der Waals surface area contributed by atoms with Gasteiger partial charge in [-0.05, 0) is 34.1 Å². The fourth-order valence-corrected chi connectivity index (χ4v) is 2.61. The van der Waals surface area contributed by atoms with Crippen molar-refractivity contribution in [2.24, 2.45) is 5.73 Å². The van der Waals surface area contributed by atoms with Crippen molar-refractivity contribution in [2.75, 3.05) is 0 Å². The summed E-state index contributed by atoms with van der Waals surface area (Å²) in [5.74, 6) is 0. The van der Waals surface area contributed by atoms with Gasteiger partial charge in [0.05, 0.1) is 6.04 Å². The monoisotopic (exact) mass is 281 g/mol. The SMILES string of the molecule is CCCc1cccc(C(N)c2ccc(C(C)(C)C)cc2)c1. The molecule has 0 heterocycles. The van der Waals surface area contributed by atoms with Crippen molar-refractivity contribution in [3.8, 4) is 0 Å². The largest absolute Gasteiger partial charge is 0.320 e. The molecule has 1 nitrogen and oxygen atoms in total. The molecule has 0 amide bonds. The minimum Gasteiger partial charge on any atom is -0.320 e. The van der Waals surface area contributed by atoms with E-state index in [9.17, 15) is 0 Å². The third-order valence-corrected chi connectivity index (χ3v) is 3.98. The zero-order chi connectivity index (χ0) is 15.5. The Hall–Kier alpha value is -1.60. The minimum atomic E-state index is -0.0455. The van der Waals surface area contributed by atoms with Crippen LogP contribution in [0, 0.1) is 0 Å². The van der Waals surface area contributed by atoms with Gasteiger partial charge >= 0.3 is 0 Å². The minimum absolute atomic E-state index is 0.0455. The van der Waals surface area contributed by atoms with Crippen molar-refractivity contribution >= 4 is 0 Å². The van der Waals surface area contributed by atoms with Gasteiger partial charge in [-0.25, -0.2) is 0 Å². The molecule has 1 unspecified atom stereocenters. The molecular weight excluding hydrogens is 254 g/mol. The molecule has 1 heteroatoms. The third kappa shape index (κ3) is 3.95. The highest BCUT2D eigenvalue weighted by atomic mass is 14.6. The van der Waals surface area contributed by atoms with Crippen LogP contribution in [0.25, 0.3) is 0 Å². The summed E-state index contributed by atoms with van der Waals surface area (Å²) in [5, 5.41) is 0. The van der Waals surface area contributed by atoms with Gasteiger partial charge in [0.15, 0.2) is 0 Å². The second-order valence-corrected chi connectivity index (χ2v) is 6.84. The average Bonchev–Trinajstić information content (AvgIpc) is 2.46. The Morgan fingerprint density at radius 1 is 0.952 bits per heavy atom. The summed E-state index contributed by atoms with van der Waals surface area (Å²) in [4.78, 5) is 0. The van der Waals surface area contributed by atoms with E-state index in [1.165, 1.54) is 28.7 Å². The van der Waals surface area contributed by atoms with Crippen LogP contribution in [0.3, 0.4) is 0 Å². The smallest absolute Gasteiger partial charge is 0.0551 e. The first-order valence-electron chi connectivity index (χ1n) is 7.86. The summed E-state index contributed by atoms with van der Waals surface area (Å²) in [6.45, 7) is 8.90. The van der Waals surface area contributed by atoms with E-state index in [4.69, 9.17) is 5.73 Å². The van der Waals surface area contributed by atoms with E-state index in [1.807, 2.05) is 0 Å². The van der Waals surface area contributed by atoms with Crippen LogP contribution in [0.2, 0.25) is 0 Å². The summed E-state index contributed by atoms with van der Waals surface area (Å²) >= 11 is 0. The van der Waals surface area contributed by atoms with Gasteiger partial charge in [-0.15, -0.1) is 0 Å². The molecule has 2 rings (SSSR count). The van der Waals surface area contributed by atoms with Crippen molar-refractivity contribution in [1.82, 2.24) is 0 Å². The first-order valence-corrected chi connectivity index (χ1v) is 7.86. The zero-order valence-corrected chi connectivity index (χ0v) is 13.7. The lowest BCUT2D eigenvalue weighted by Crippen LogP contribution is -2.14. The van der Waals surface area contributed by atoms with Gasteiger partial charge in [-0.1, -0.05) is 82.6 Å². The molecule has 0 radical (unpaired) electrons. The summed E-state index contributed by atoms with van der Waals surface area (Å²) in [5.41, 5.74) is 11.7. The molecule has 0 bridgehead atoms. The van der Waals surface area contributed by atoms with E-state index in [-0.39, 0.29) is 11.5 Å². The summed E-state index contributed by atoms with van der Waals surface area (Å²) in [7, 11) is 0. The highest BCUT2D eigenvalue weighted by Crippen LogP contribution is 2.26. The van der Waals surface area contributed by atoms with Gasteiger partial charge in [-0.2, -0.15) is 0 Å². The summed E-state index contributed by atoms with van der Waals surface area (Å²) in [6, 6.07) is 17.3. The standard InChI is InChI=1S/C20H27N/c1-5-7-15-8-6-9-17(14-15)19(21)16-10-12-18(13-11-16)20(2,3)4/h6,8-14,19H,5,7,21H2,1-4H3. The van der Waals surface area contributed by atoms with Crippen LogP contribution in [0.15, 0.2) is 48.5 Å². The van der Waals surface area contributed by atoms with Crippen molar-refractivity contribution in [3.63, 3.8) is 0 Å². The van der Waals surface area contributed by atoms with Crippen molar-refractivity contribution in [1.29, 1.82) is 0 Å². The molecule has 0 saturated heterocycles. The van der Waals surface area contributed by atoms with E-state index in [0.29, 0.717) is 0 Å². The number of hydrogen-bond donors (Lipinski definition) is 1. The lowest BCUT2D eigenvalue weighted by atomic mass is 9.86. The lowest BCUT2D eigenvalue weighted by molar-refractivity contribution is 0.589. The van der Waals surface area contributed by atoms with Gasteiger partial charge < -0.3 is 5.73 Å². The molecule has 0 spiro atoms. The topological polar surface area (TPSA) is 26.0 Å². The van der Waals surface area contributed by atoms with Crippen LogP contribution < -0.4 is 5.73 Å². The second kappa shape index (κ2) is 6.44. The fourth-order valence-electron chi connectivity index (χ4n) is 2.61. The summed E-state index contributed by atoms with van der Waals surface area (Å²) in [6.07, 6.45) is 2.28. The highest BCUT2D eigenvalue weighted by molar-refractivity contribution is 5.36. The Morgan fingerprint density at radius 3 is 2.19 bits per heavy atom. The van der Waals surface area contributed by atoms with E-state index in [1.54, 1.807) is 0 Å². The van der Waals surface area contributed by atoms with E-state index >= 15 is 0 Å². The van der Waals surface area contributed by atoms with Crippen molar-refractivity contribution in [3.05, 3.63) is 70.8 Å². The second-order valence-electron chi connectivity index (χ2n) is 6.84. The number of aryl methyl sites for hydroxylation is 1. The van der Waals surface area contributed by atoms with Crippen LogP contribution in [0.1, 0.15) is 62.4 Å². The first-order chi connectivity index (χ1) is 9.91. The Kier molecular flexibility index (Phi) is 4.84. The Labute approximate surface area is 129 Å². The predicted molar refractivity (Wildman–Crippen MR) is 91.6 cm³/mol. The molecule has 1 atom stereocenters. The van der Waals surface area contributed by atoms with Gasteiger partial charge in [-0.3, -0.25) is 0 Å². The van der Waals surface area contributed by atoms with Crippen LogP contribution in [-0.4, -0.2) is 0 Å². The Bertz CT molecular complexity index is 576. The molecule has 0 saturated carbocycles. The Morgan fingerprint density at radius 2 is 1.62 bits per heavy atom. The number of benzene rings is 2. The molecule has 2 N–H and O–H groups in total. The average molecular weight is 281 g/mol. The summed E-state index contributed by atoms with van der Waals surface area (Å²) < 4.78 is 0. The number of rotatable bonds is 4. The van der Waals surface area contributed by atoms with Crippen LogP contribution >= 0.6 is 0 Å². The molecule has 21 heavy (non-hydrogen) atoms. The van der Waals surface area contributed by atoms with Gasteiger partial charge in [0, 0.05) is 0 Å². The van der Waals surface area contributed by atoms with Gasteiger partial charge in [0.2, 0.25) is 0 Å². The molecule has 0 aromatic heterocycles. The van der Waals surface area contributed by atoms with Crippen molar-refractivity contribution in [2.45, 2.75) is 52.0 Å². The maximum absolute atomic E-state index is 6.44. The number of hydrogen-bond acceptors (Lipinski definition) is 1. The van der Waals surface area contributed by atoms with Crippen molar-refractivity contribution < 1.29 is 0 Å². The maximum atomic E-state index is 6.44. The molecule has 112 valence electrons. The molecule has 0 aliphatic rings. The third-order valence-electron chi connectivity index (χ3n) is 3.98. The van der Waals surface area contributed by atoms with E-state index in [0.717, 1.165) is 6.42 Å². The molecule has 2 aromatic rings. The molecule has 0 fully saturated rings. The van der Waals surface area contributed by atoms with E-state index < -0.39 is 0 Å². The van der Waals surface area contributed by atoms with Gasteiger partial charge in [0.25, 0.3) is 0 Å². The predicted octanol–water partition coefficient (Wildman–Crippen LogP) is 4.98. The normalized spacial score (nSPS) is 13.2. The van der Waals surface area contributed by atoms with Crippen LogP contribution in [0.5, 0.6) is 0 Å². The highest BCUT2D eigenvalue weighted by Gasteiger charge is 2.15. The fraction of sp³-hybridized carbons (Fsp3) is 0.400. The first kappa shape index (κ1) is 15.8. The molecule has 0 aliphatic heterocycles. The molecule has 2 aromatic carbocycles. The Balaban J connectivity index is 2.23. The number of nitrogens with two attached hydrogens (primary N) is 1. The lowest BCUT2D eigenvalue weighted by Gasteiger charge is -2.20.